The summed E-state index contributed by atoms with van der Waals surface area (Å²) < 4.78 is 16.5. The molecule has 1 N–H and O–H groups in total. The second kappa shape index (κ2) is 65.6. The number of hydrogen-bond donors (Lipinski definition) is 1. The van der Waals surface area contributed by atoms with Crippen LogP contribution in [0.25, 0.3) is 54.2 Å². The highest BCUT2D eigenvalue weighted by Crippen LogP contribution is 2.24. The number of ether oxygens (including phenoxy) is 1. The first kappa shape index (κ1) is 106. The molecule has 12 heterocycles. The van der Waals surface area contributed by atoms with E-state index in [1.165, 1.54) is 80.9 Å². The topological polar surface area (TPSA) is 179 Å². The minimum atomic E-state index is 0.644. The SMILES string of the molecule is C1=NCc2cccnc21.C1=Nc2ccccc2C1.CC(C)C.CC(C)C.CC(C)C.CC(C)C.CC(C)C.CC(C)C.CC(C)C.CC(C)C.CC(C)C.c1cc2c(cn1)OCC2.c1ccc2[nH]ccc2c1.c1ccc2ncccc2c1.c1ccc2ocnc2c1.c1ccc2scnc2c1.c1cnc2c(c1)CCC2.c1ncc2ccoc2n1. The van der Waals surface area contributed by atoms with Crippen molar-refractivity contribution in [2.24, 2.45) is 63.2 Å². The van der Waals surface area contributed by atoms with E-state index in [1.807, 2.05) is 158 Å². The van der Waals surface area contributed by atoms with Gasteiger partial charge in [-0.15, -0.1) is 11.3 Å². The second-order valence-corrected chi connectivity index (χ2v) is 34.8. The minimum absolute atomic E-state index is 0.644. The molecule has 0 fully saturated rings. The van der Waals surface area contributed by atoms with Crippen LogP contribution < -0.4 is 4.74 Å². The standard InChI is InChI=1S/C9H7N.C8H9N.2C8H7N.C7H6N2.C7H7NO.C7H5NO.C7H5NS.C6H4N2O.9C4H10/c1-2-6-9-8(4-1)5-3-7-10-9;1-3-7-4-2-6-9-8(7)5-1;2*1-2-4-8-7(3-1)5-6-9-8;1-2-6-4-8-5-7(6)9-3-1;1-3-8-5-7-6(1)2-4-9-7;2*1-2-4-7-6(3-1)8-5-9-7;1-2-9-6-5(1)3-7-4-8-6;9*1-4(2)3/h1-7H;2,4,6H,1,3,5H2;1-4,6H,5H2;1-6,9H;1-3,5H,4H2;1,3,5H,2,4H2;2*1-5H;1-4H;9*4H,1-3H3. The zero-order valence-electron chi connectivity index (χ0n) is 77.0. The summed E-state index contributed by atoms with van der Waals surface area (Å²) in [5.41, 5.74) is 16.4. The fourth-order valence-corrected chi connectivity index (χ4v) is 9.38. The fraction of sp³-hybridized carbons (Fsp3) is 0.417. The summed E-state index contributed by atoms with van der Waals surface area (Å²) in [5.74, 6) is 8.46. The average Bonchev–Trinajstić information content (AvgIpc) is 1.81. The van der Waals surface area contributed by atoms with E-state index in [4.69, 9.17) is 13.6 Å². The van der Waals surface area contributed by atoms with Gasteiger partial charge >= 0.3 is 0 Å². The van der Waals surface area contributed by atoms with E-state index in [-0.39, 0.29) is 0 Å². The predicted octanol–water partition coefficient (Wildman–Crippen LogP) is 30.3. The number of aromatic nitrogens is 9. The van der Waals surface area contributed by atoms with E-state index in [0.29, 0.717) is 5.71 Å². The Kier molecular flexibility index (Phi) is 58.8. The van der Waals surface area contributed by atoms with Crippen LogP contribution in [-0.2, 0) is 32.2 Å². The molecule has 3 aliphatic heterocycles. The van der Waals surface area contributed by atoms with Crippen LogP contribution in [0.15, 0.2) is 263 Å². The van der Waals surface area contributed by atoms with E-state index < -0.39 is 0 Å². The molecule has 0 atom stereocenters. The summed E-state index contributed by atoms with van der Waals surface area (Å²) in [6, 6.07) is 58.4. The van der Waals surface area contributed by atoms with Crippen molar-refractivity contribution in [1.82, 2.24) is 44.9 Å². The number of hydrogen-bond acceptors (Lipinski definition) is 14. The Hall–Kier alpha value is -10.4. The first-order valence-corrected chi connectivity index (χ1v) is 43.2. The number of thiazole rings is 1. The molecule has 14 nitrogen and oxygen atoms in total. The monoisotopic (exact) mass is 1620 g/mol. The van der Waals surface area contributed by atoms with Crippen LogP contribution in [0.2, 0.25) is 0 Å². The van der Waals surface area contributed by atoms with Gasteiger partial charge in [0.1, 0.15) is 17.6 Å². The Morgan fingerprint density at radius 1 is 0.390 bits per heavy atom. The highest BCUT2D eigenvalue weighted by molar-refractivity contribution is 7.16. The van der Waals surface area contributed by atoms with Crippen molar-refractivity contribution < 1.29 is 13.6 Å². The number of para-hydroxylation sites is 6. The fourth-order valence-electron chi connectivity index (χ4n) is 8.70. The lowest BCUT2D eigenvalue weighted by molar-refractivity contribution is 0.355. The molecule has 18 rings (SSSR count). The molecule has 0 unspecified atom stereocenters. The van der Waals surface area contributed by atoms with Gasteiger partial charge < -0.3 is 18.6 Å². The Morgan fingerprint density at radius 2 is 0.924 bits per heavy atom. The molecule has 0 saturated carbocycles. The molecule has 15 heteroatoms. The number of fused-ring (bicyclic) bond motifs is 9. The van der Waals surface area contributed by atoms with E-state index in [2.05, 4.69) is 296 Å². The third-order valence-corrected chi connectivity index (χ3v) is 13.7. The van der Waals surface area contributed by atoms with Gasteiger partial charge in [-0.1, -0.05) is 284 Å². The summed E-state index contributed by atoms with van der Waals surface area (Å²) in [6.07, 6.45) is 26.8. The third kappa shape index (κ3) is 56.0. The van der Waals surface area contributed by atoms with E-state index in [0.717, 1.165) is 124 Å². The molecule has 4 aliphatic rings. The molecule has 118 heavy (non-hydrogen) atoms. The molecule has 1 aliphatic carbocycles. The van der Waals surface area contributed by atoms with Crippen molar-refractivity contribution in [2.75, 3.05) is 6.61 Å². The molecular formula is C103H147N11O3S. The van der Waals surface area contributed by atoms with Crippen molar-refractivity contribution in [3.63, 3.8) is 0 Å². The highest BCUT2D eigenvalue weighted by atomic mass is 32.1. The number of aromatic amines is 1. The molecule has 638 valence electrons. The Morgan fingerprint density at radius 3 is 1.51 bits per heavy atom. The average molecular weight is 1620 g/mol. The largest absolute Gasteiger partial charge is 0.491 e. The van der Waals surface area contributed by atoms with Gasteiger partial charge in [-0.25, -0.2) is 19.9 Å². The molecule has 0 saturated heterocycles. The van der Waals surface area contributed by atoms with Crippen LogP contribution in [0.4, 0.5) is 5.69 Å². The maximum absolute atomic E-state index is 5.24. The van der Waals surface area contributed by atoms with Gasteiger partial charge in [0.2, 0.25) is 5.71 Å². The first-order valence-electron chi connectivity index (χ1n) is 42.3. The smallest absolute Gasteiger partial charge is 0.228 e. The summed E-state index contributed by atoms with van der Waals surface area (Å²) in [6.45, 7) is 60.1. The van der Waals surface area contributed by atoms with Gasteiger partial charge in [-0.2, -0.15) is 0 Å². The molecule has 0 spiro atoms. The molecular weight excluding hydrogens is 1470 g/mol. The zero-order valence-corrected chi connectivity index (χ0v) is 77.8. The summed E-state index contributed by atoms with van der Waals surface area (Å²) in [7, 11) is 0. The number of aliphatic imine (C=N–C) groups is 2. The Labute approximate surface area is 716 Å². The van der Waals surface area contributed by atoms with Gasteiger partial charge in [0.15, 0.2) is 12.0 Å². The molecule has 5 aromatic carbocycles. The van der Waals surface area contributed by atoms with Crippen LogP contribution in [0.1, 0.15) is 227 Å². The van der Waals surface area contributed by atoms with Gasteiger partial charge in [0.05, 0.1) is 63.6 Å². The number of benzene rings is 5. The number of furan rings is 1. The molecule has 0 radical (unpaired) electrons. The van der Waals surface area contributed by atoms with Crippen molar-refractivity contribution >= 4 is 83.7 Å². The number of oxazole rings is 1. The maximum atomic E-state index is 5.24. The molecule has 0 amide bonds. The number of nitrogens with zero attached hydrogens (tertiary/aromatic N) is 10. The molecule has 9 aromatic heterocycles. The second-order valence-electron chi connectivity index (χ2n) is 33.9. The van der Waals surface area contributed by atoms with Crippen LogP contribution >= 0.6 is 11.3 Å². The highest BCUT2D eigenvalue weighted by Gasteiger charge is 2.11. The van der Waals surface area contributed by atoms with Crippen molar-refractivity contribution in [1.29, 1.82) is 0 Å². The van der Waals surface area contributed by atoms with Crippen LogP contribution in [-0.4, -0.2) is 63.9 Å². The normalized spacial score (nSPS) is 11.1. The van der Waals surface area contributed by atoms with Crippen molar-refractivity contribution in [3.05, 3.63) is 277 Å². The number of pyridine rings is 4. The van der Waals surface area contributed by atoms with Crippen molar-refractivity contribution in [2.45, 2.75) is 226 Å². The molecule has 14 aromatic rings. The third-order valence-electron chi connectivity index (χ3n) is 12.9. The number of aryl methyl sites for hydroxylation is 2. The van der Waals surface area contributed by atoms with Crippen LogP contribution in [0, 0.1) is 53.3 Å². The predicted molar refractivity (Wildman–Crippen MR) is 514 cm³/mol. The minimum Gasteiger partial charge on any atom is -0.491 e. The lowest BCUT2D eigenvalue weighted by Gasteiger charge is -1.92. The zero-order chi connectivity index (χ0) is 87.8. The number of H-pyrrole nitrogens is 1. The van der Waals surface area contributed by atoms with Crippen LogP contribution in [0.3, 0.4) is 0 Å². The molecule has 0 bridgehead atoms. The van der Waals surface area contributed by atoms with Crippen molar-refractivity contribution in [3.8, 4) is 5.75 Å². The van der Waals surface area contributed by atoms with E-state index in [9.17, 15) is 0 Å². The Balaban J connectivity index is 0.000000633. The van der Waals surface area contributed by atoms with Gasteiger partial charge in [0.25, 0.3) is 0 Å². The van der Waals surface area contributed by atoms with E-state index >= 15 is 0 Å². The summed E-state index contributed by atoms with van der Waals surface area (Å²) in [4.78, 5) is 43.6. The first-order chi connectivity index (χ1) is 56.3. The quantitative estimate of drug-likeness (QED) is 0.153. The van der Waals surface area contributed by atoms with E-state index in [1.54, 1.807) is 42.4 Å². The van der Waals surface area contributed by atoms with Crippen LogP contribution in [0.5, 0.6) is 5.75 Å². The maximum Gasteiger partial charge on any atom is 0.228 e. The number of nitrogens with one attached hydrogen (secondary N) is 1. The Bertz CT molecular complexity index is 4050. The van der Waals surface area contributed by atoms with Gasteiger partial charge in [-0.05, 0) is 168 Å². The number of rotatable bonds is 0. The lowest BCUT2D eigenvalue weighted by Crippen LogP contribution is -1.85. The summed E-state index contributed by atoms with van der Waals surface area (Å²) >= 11 is 1.68. The lowest BCUT2D eigenvalue weighted by atomic mass is 10.2. The van der Waals surface area contributed by atoms with Gasteiger partial charge in [-0.3, -0.25) is 29.9 Å². The van der Waals surface area contributed by atoms with Gasteiger partial charge in [0, 0.05) is 90.2 Å². The summed E-state index contributed by atoms with van der Waals surface area (Å²) in [5, 5.41) is 3.42.